The van der Waals surface area contributed by atoms with E-state index in [4.69, 9.17) is 9.47 Å². The van der Waals surface area contributed by atoms with Crippen LogP contribution in [0.25, 0.3) is 6.08 Å². The summed E-state index contributed by atoms with van der Waals surface area (Å²) in [6.45, 7) is 3.88. The second kappa shape index (κ2) is 9.55. The van der Waals surface area contributed by atoms with Crippen molar-refractivity contribution < 1.29 is 18.7 Å². The number of ether oxygens (including phenoxy) is 2. The van der Waals surface area contributed by atoms with Crippen LogP contribution in [0.2, 0.25) is 0 Å². The fraction of sp³-hybridized carbons (Fsp3) is 0.100. The van der Waals surface area contributed by atoms with E-state index in [9.17, 15) is 14.4 Å². The highest BCUT2D eigenvalue weighted by atomic mass is 79.9. The third-order valence-electron chi connectivity index (χ3n) is 3.40. The molecule has 0 saturated carbocycles. The van der Waals surface area contributed by atoms with E-state index in [-0.39, 0.29) is 11.3 Å². The van der Waals surface area contributed by atoms with Gasteiger partial charge in [-0.2, -0.15) is 5.26 Å². The SMILES string of the molecule is C=CCOc1c(Br)cc(/C=C(\C#N)C(=O)Nc2ccccc2F)cc1OC. The number of anilines is 1. The second-order valence-electron chi connectivity index (χ2n) is 5.24. The number of carbonyl (C=O) groups excluding carboxylic acids is 1. The molecule has 0 radical (unpaired) electrons. The number of rotatable bonds is 7. The Morgan fingerprint density at radius 1 is 1.41 bits per heavy atom. The highest BCUT2D eigenvalue weighted by molar-refractivity contribution is 9.10. The largest absolute Gasteiger partial charge is 0.493 e. The van der Waals surface area contributed by atoms with Gasteiger partial charge < -0.3 is 14.8 Å². The maximum atomic E-state index is 13.7. The van der Waals surface area contributed by atoms with Gasteiger partial charge in [-0.3, -0.25) is 4.79 Å². The first-order valence-corrected chi connectivity index (χ1v) is 8.58. The number of methoxy groups -OCH3 is 1. The molecule has 0 atom stereocenters. The van der Waals surface area contributed by atoms with Gasteiger partial charge >= 0.3 is 0 Å². The summed E-state index contributed by atoms with van der Waals surface area (Å²) < 4.78 is 25.1. The molecule has 0 saturated heterocycles. The van der Waals surface area contributed by atoms with Crippen molar-refractivity contribution >= 4 is 33.6 Å². The number of para-hydroxylation sites is 1. The molecule has 0 heterocycles. The first-order chi connectivity index (χ1) is 13.0. The van der Waals surface area contributed by atoms with Crippen LogP contribution in [-0.2, 0) is 4.79 Å². The zero-order chi connectivity index (χ0) is 19.8. The number of carbonyl (C=O) groups is 1. The fourth-order valence-corrected chi connectivity index (χ4v) is 2.75. The summed E-state index contributed by atoms with van der Waals surface area (Å²) >= 11 is 3.38. The summed E-state index contributed by atoms with van der Waals surface area (Å²) in [7, 11) is 1.48. The average molecular weight is 431 g/mol. The molecule has 0 spiro atoms. The van der Waals surface area contributed by atoms with Crippen molar-refractivity contribution in [2.75, 3.05) is 19.0 Å². The molecule has 138 valence electrons. The number of hydrogen-bond donors (Lipinski definition) is 1. The standard InChI is InChI=1S/C20H16BrFN2O3/c1-3-8-27-19-15(21)10-13(11-18(19)26-2)9-14(12-23)20(25)24-17-7-5-4-6-16(17)22/h3-7,9-11H,1,8H2,2H3,(H,24,25)/b14-9+. The van der Waals surface area contributed by atoms with Gasteiger partial charge in [0.1, 0.15) is 24.1 Å². The quantitative estimate of drug-likeness (QED) is 0.392. The van der Waals surface area contributed by atoms with Gasteiger partial charge in [0, 0.05) is 0 Å². The minimum Gasteiger partial charge on any atom is -0.493 e. The molecule has 0 aliphatic carbocycles. The van der Waals surface area contributed by atoms with Gasteiger partial charge in [0.25, 0.3) is 5.91 Å². The van der Waals surface area contributed by atoms with Crippen LogP contribution in [-0.4, -0.2) is 19.6 Å². The lowest BCUT2D eigenvalue weighted by molar-refractivity contribution is -0.112. The van der Waals surface area contributed by atoms with Crippen LogP contribution in [0, 0.1) is 17.1 Å². The van der Waals surface area contributed by atoms with Crippen molar-refractivity contribution in [3.05, 3.63) is 70.5 Å². The molecule has 0 unspecified atom stereocenters. The fourth-order valence-electron chi connectivity index (χ4n) is 2.17. The van der Waals surface area contributed by atoms with Crippen LogP contribution in [0.15, 0.2) is 59.1 Å². The van der Waals surface area contributed by atoms with Crippen LogP contribution >= 0.6 is 15.9 Å². The third-order valence-corrected chi connectivity index (χ3v) is 3.98. The molecule has 0 aliphatic rings. The molecule has 0 aliphatic heterocycles. The lowest BCUT2D eigenvalue weighted by atomic mass is 10.1. The molecule has 2 aromatic carbocycles. The second-order valence-corrected chi connectivity index (χ2v) is 6.09. The third kappa shape index (κ3) is 5.19. The maximum Gasteiger partial charge on any atom is 0.266 e. The molecule has 5 nitrogen and oxygen atoms in total. The number of nitrogens with one attached hydrogen (secondary N) is 1. The Balaban J connectivity index is 2.33. The topological polar surface area (TPSA) is 71.3 Å². The van der Waals surface area contributed by atoms with E-state index in [1.807, 2.05) is 6.07 Å². The van der Waals surface area contributed by atoms with Gasteiger partial charge in [-0.05, 0) is 51.8 Å². The minimum atomic E-state index is -0.718. The monoisotopic (exact) mass is 430 g/mol. The molecule has 0 bridgehead atoms. The molecule has 2 rings (SSSR count). The number of hydrogen-bond acceptors (Lipinski definition) is 4. The first-order valence-electron chi connectivity index (χ1n) is 7.79. The number of nitriles is 1. The van der Waals surface area contributed by atoms with E-state index in [1.165, 1.54) is 31.4 Å². The van der Waals surface area contributed by atoms with Crippen LogP contribution in [0.1, 0.15) is 5.56 Å². The predicted molar refractivity (Wildman–Crippen MR) is 105 cm³/mol. The summed E-state index contributed by atoms with van der Waals surface area (Å²) in [4.78, 5) is 12.3. The lowest BCUT2D eigenvalue weighted by Gasteiger charge is -2.12. The summed E-state index contributed by atoms with van der Waals surface area (Å²) in [6, 6.07) is 10.8. The van der Waals surface area contributed by atoms with Gasteiger partial charge in [0.15, 0.2) is 11.5 Å². The van der Waals surface area contributed by atoms with Crippen molar-refractivity contribution in [1.82, 2.24) is 0 Å². The summed E-state index contributed by atoms with van der Waals surface area (Å²) in [6.07, 6.45) is 2.97. The van der Waals surface area contributed by atoms with Gasteiger partial charge in [0.2, 0.25) is 0 Å². The van der Waals surface area contributed by atoms with Crippen molar-refractivity contribution in [2.24, 2.45) is 0 Å². The molecule has 7 heteroatoms. The van der Waals surface area contributed by atoms with Gasteiger partial charge in [-0.15, -0.1) is 0 Å². The number of nitrogens with zero attached hydrogens (tertiary/aromatic N) is 1. The molecule has 1 amide bonds. The van der Waals surface area contributed by atoms with Crippen molar-refractivity contribution in [2.45, 2.75) is 0 Å². The lowest BCUT2D eigenvalue weighted by Crippen LogP contribution is -2.14. The average Bonchev–Trinajstić information content (AvgIpc) is 2.66. The molecule has 0 aromatic heterocycles. The summed E-state index contributed by atoms with van der Waals surface area (Å²) in [5.74, 6) is -0.408. The summed E-state index contributed by atoms with van der Waals surface area (Å²) in [5, 5.41) is 11.7. The van der Waals surface area contributed by atoms with E-state index >= 15 is 0 Å². The van der Waals surface area contributed by atoms with Gasteiger partial charge in [-0.25, -0.2) is 4.39 Å². The van der Waals surface area contributed by atoms with Crippen LogP contribution in [0.5, 0.6) is 11.5 Å². The highest BCUT2D eigenvalue weighted by Crippen LogP contribution is 2.37. The number of amides is 1. The molecule has 0 fully saturated rings. The Labute approximate surface area is 164 Å². The molecule has 2 aromatic rings. The Morgan fingerprint density at radius 2 is 2.15 bits per heavy atom. The minimum absolute atomic E-state index is 0.00409. The Kier molecular flexibility index (Phi) is 7.15. The zero-order valence-corrected chi connectivity index (χ0v) is 16.0. The van der Waals surface area contributed by atoms with Crippen LogP contribution < -0.4 is 14.8 Å². The van der Waals surface area contributed by atoms with Gasteiger partial charge in [-0.1, -0.05) is 24.8 Å². The van der Waals surface area contributed by atoms with Crippen molar-refractivity contribution in [3.63, 3.8) is 0 Å². The first kappa shape index (κ1) is 20.2. The van der Waals surface area contributed by atoms with Crippen molar-refractivity contribution in [1.29, 1.82) is 5.26 Å². The maximum absolute atomic E-state index is 13.7. The highest BCUT2D eigenvalue weighted by Gasteiger charge is 2.14. The zero-order valence-electron chi connectivity index (χ0n) is 14.5. The number of benzene rings is 2. The van der Waals surface area contributed by atoms with E-state index in [1.54, 1.807) is 24.3 Å². The van der Waals surface area contributed by atoms with E-state index in [2.05, 4.69) is 27.8 Å². The molecular formula is C20H16BrFN2O3. The predicted octanol–water partition coefficient (Wildman–Crippen LogP) is 4.71. The normalized spacial score (nSPS) is 10.7. The Morgan fingerprint density at radius 3 is 2.78 bits per heavy atom. The van der Waals surface area contributed by atoms with E-state index < -0.39 is 11.7 Å². The van der Waals surface area contributed by atoms with E-state index in [0.717, 1.165) is 0 Å². The molecular weight excluding hydrogens is 415 g/mol. The van der Waals surface area contributed by atoms with Crippen molar-refractivity contribution in [3.8, 4) is 17.6 Å². The van der Waals surface area contributed by atoms with Gasteiger partial charge in [0.05, 0.1) is 17.3 Å². The summed E-state index contributed by atoms with van der Waals surface area (Å²) in [5.41, 5.74) is 0.340. The number of halogens is 2. The van der Waals surface area contributed by atoms with Crippen LogP contribution in [0.3, 0.4) is 0 Å². The molecule has 1 N–H and O–H groups in total. The Hall–Kier alpha value is -3.11. The smallest absolute Gasteiger partial charge is 0.266 e. The van der Waals surface area contributed by atoms with Crippen LogP contribution in [0.4, 0.5) is 10.1 Å². The molecule has 27 heavy (non-hydrogen) atoms. The van der Waals surface area contributed by atoms with E-state index in [0.29, 0.717) is 28.1 Å². The Bertz CT molecular complexity index is 935.